The molecule has 1 aromatic rings. The van der Waals surface area contributed by atoms with Gasteiger partial charge in [-0.05, 0) is 18.5 Å². The lowest BCUT2D eigenvalue weighted by Crippen LogP contribution is -2.34. The molecule has 0 radical (unpaired) electrons. The highest BCUT2D eigenvalue weighted by atomic mass is 32.1. The molecule has 0 aliphatic heterocycles. The second-order valence-corrected chi connectivity index (χ2v) is 3.55. The number of thiophene rings is 1. The van der Waals surface area contributed by atoms with E-state index in [2.05, 4.69) is 5.32 Å². The summed E-state index contributed by atoms with van der Waals surface area (Å²) in [6.07, 6.45) is -1.89. The Morgan fingerprint density at radius 2 is 2.33 bits per heavy atom. The lowest BCUT2D eigenvalue weighted by molar-refractivity contribution is 0.102. The molecule has 1 unspecified atom stereocenters. The average molecular weight is 191 g/mol. The van der Waals surface area contributed by atoms with Crippen molar-refractivity contribution in [2.24, 2.45) is 0 Å². The molecular weight excluding hydrogens is 180 g/mol. The van der Waals surface area contributed by atoms with Gasteiger partial charge in [-0.2, -0.15) is 0 Å². The van der Waals surface area contributed by atoms with Gasteiger partial charge in [-0.15, -0.1) is 11.3 Å². The molecule has 0 saturated heterocycles. The predicted octanol–water partition coefficient (Wildman–Crippen LogP) is 2.14. The third-order valence-corrected chi connectivity index (χ3v) is 2.57. The first-order valence-corrected chi connectivity index (χ1v) is 4.60. The van der Waals surface area contributed by atoms with E-state index in [9.17, 15) is 8.78 Å². The van der Waals surface area contributed by atoms with E-state index in [1.54, 1.807) is 7.05 Å². The van der Waals surface area contributed by atoms with Crippen LogP contribution in [0.1, 0.15) is 4.88 Å². The normalized spacial score (nSPS) is 13.7. The van der Waals surface area contributed by atoms with Gasteiger partial charge in [0.1, 0.15) is 0 Å². The molecule has 0 spiro atoms. The highest BCUT2D eigenvalue weighted by Crippen LogP contribution is 2.14. The van der Waals surface area contributed by atoms with E-state index in [4.69, 9.17) is 0 Å². The maximum Gasteiger partial charge on any atom is 0.254 e. The van der Waals surface area contributed by atoms with Crippen LogP contribution in [0, 0.1) is 0 Å². The van der Waals surface area contributed by atoms with Crippen LogP contribution in [0.2, 0.25) is 0 Å². The molecule has 0 aromatic carbocycles. The Labute approximate surface area is 74.4 Å². The van der Waals surface area contributed by atoms with Crippen LogP contribution in [0.5, 0.6) is 0 Å². The fourth-order valence-electron chi connectivity index (χ4n) is 0.963. The van der Waals surface area contributed by atoms with Crippen molar-refractivity contribution in [2.75, 3.05) is 7.05 Å². The summed E-state index contributed by atoms with van der Waals surface area (Å²) in [7, 11) is 1.56. The second kappa shape index (κ2) is 4.52. The van der Waals surface area contributed by atoms with Crippen LogP contribution in [-0.4, -0.2) is 19.5 Å². The van der Waals surface area contributed by atoms with Crippen molar-refractivity contribution in [3.8, 4) is 0 Å². The molecule has 4 heteroatoms. The zero-order valence-corrected chi connectivity index (χ0v) is 7.57. The first kappa shape index (κ1) is 9.61. The number of hydrogen-bond donors (Lipinski definition) is 1. The zero-order valence-electron chi connectivity index (χ0n) is 6.76. The number of likely N-dealkylation sites (N-methyl/N-ethyl adjacent to an activating group) is 1. The summed E-state index contributed by atoms with van der Waals surface area (Å²) in [6.45, 7) is 0. The van der Waals surface area contributed by atoms with E-state index >= 15 is 0 Å². The van der Waals surface area contributed by atoms with Crippen LogP contribution in [0.15, 0.2) is 17.5 Å². The molecule has 1 N–H and O–H groups in total. The number of alkyl halides is 2. The Balaban J connectivity index is 2.48. The fraction of sp³-hybridized carbons (Fsp3) is 0.500. The monoisotopic (exact) mass is 191 g/mol. The van der Waals surface area contributed by atoms with E-state index in [0.717, 1.165) is 4.88 Å². The minimum absolute atomic E-state index is 0.409. The first-order valence-electron chi connectivity index (χ1n) is 3.72. The molecule has 1 rings (SSSR count). The van der Waals surface area contributed by atoms with Gasteiger partial charge in [0.25, 0.3) is 6.43 Å². The van der Waals surface area contributed by atoms with Crippen LogP contribution >= 0.6 is 11.3 Å². The van der Waals surface area contributed by atoms with Crippen molar-refractivity contribution in [3.05, 3.63) is 22.4 Å². The Morgan fingerprint density at radius 1 is 1.58 bits per heavy atom. The van der Waals surface area contributed by atoms with Crippen LogP contribution in [-0.2, 0) is 6.42 Å². The van der Waals surface area contributed by atoms with Crippen molar-refractivity contribution < 1.29 is 8.78 Å². The van der Waals surface area contributed by atoms with E-state index in [-0.39, 0.29) is 0 Å². The van der Waals surface area contributed by atoms with Crippen LogP contribution in [0.3, 0.4) is 0 Å². The molecule has 0 saturated carbocycles. The van der Waals surface area contributed by atoms with Gasteiger partial charge in [0, 0.05) is 11.3 Å². The standard InChI is InChI=1S/C8H11F2NS/c1-11-7(8(9)10)5-6-3-2-4-12-6/h2-4,7-8,11H,5H2,1H3. The van der Waals surface area contributed by atoms with Crippen molar-refractivity contribution >= 4 is 11.3 Å². The highest BCUT2D eigenvalue weighted by molar-refractivity contribution is 7.09. The van der Waals surface area contributed by atoms with Gasteiger partial charge in [-0.25, -0.2) is 8.78 Å². The molecule has 1 heterocycles. The van der Waals surface area contributed by atoms with Crippen molar-refractivity contribution in [2.45, 2.75) is 18.9 Å². The Hall–Kier alpha value is -0.480. The number of rotatable bonds is 4. The lowest BCUT2D eigenvalue weighted by atomic mass is 10.2. The lowest BCUT2D eigenvalue weighted by Gasteiger charge is -2.13. The first-order chi connectivity index (χ1) is 5.74. The third kappa shape index (κ3) is 2.53. The maximum absolute atomic E-state index is 12.2. The minimum Gasteiger partial charge on any atom is -0.312 e. The number of halogens is 2. The molecule has 68 valence electrons. The summed E-state index contributed by atoms with van der Waals surface area (Å²) in [4.78, 5) is 0.995. The van der Waals surface area contributed by atoms with Gasteiger partial charge in [0.05, 0.1) is 6.04 Å². The van der Waals surface area contributed by atoms with Crippen LogP contribution < -0.4 is 5.32 Å². The van der Waals surface area contributed by atoms with E-state index in [0.29, 0.717) is 6.42 Å². The quantitative estimate of drug-likeness (QED) is 0.769. The van der Waals surface area contributed by atoms with Crippen molar-refractivity contribution in [3.63, 3.8) is 0 Å². The molecular formula is C8H11F2NS. The highest BCUT2D eigenvalue weighted by Gasteiger charge is 2.18. The molecule has 0 amide bonds. The van der Waals surface area contributed by atoms with Crippen LogP contribution in [0.25, 0.3) is 0 Å². The van der Waals surface area contributed by atoms with E-state index in [1.807, 2.05) is 17.5 Å². The largest absolute Gasteiger partial charge is 0.312 e. The SMILES string of the molecule is CNC(Cc1cccs1)C(F)F. The topological polar surface area (TPSA) is 12.0 Å². The molecule has 12 heavy (non-hydrogen) atoms. The third-order valence-electron chi connectivity index (χ3n) is 1.68. The smallest absolute Gasteiger partial charge is 0.254 e. The van der Waals surface area contributed by atoms with Gasteiger partial charge in [-0.1, -0.05) is 6.07 Å². The summed E-state index contributed by atoms with van der Waals surface area (Å²) in [5.74, 6) is 0. The van der Waals surface area contributed by atoms with Crippen LogP contribution in [0.4, 0.5) is 8.78 Å². The summed E-state index contributed by atoms with van der Waals surface area (Å²) in [6, 6.07) is 3.03. The average Bonchev–Trinajstić information content (AvgIpc) is 2.51. The zero-order chi connectivity index (χ0) is 8.97. The molecule has 1 nitrogen and oxygen atoms in total. The Morgan fingerprint density at radius 3 is 2.75 bits per heavy atom. The maximum atomic E-state index is 12.2. The summed E-state index contributed by atoms with van der Waals surface area (Å²) in [5, 5.41) is 4.49. The number of nitrogens with one attached hydrogen (secondary N) is 1. The van der Waals surface area contributed by atoms with E-state index in [1.165, 1.54) is 11.3 Å². The van der Waals surface area contributed by atoms with Gasteiger partial charge >= 0.3 is 0 Å². The molecule has 0 bridgehead atoms. The minimum atomic E-state index is -2.29. The van der Waals surface area contributed by atoms with Gasteiger partial charge < -0.3 is 5.32 Å². The van der Waals surface area contributed by atoms with Gasteiger partial charge in [-0.3, -0.25) is 0 Å². The molecule has 1 atom stereocenters. The fourth-order valence-corrected chi connectivity index (χ4v) is 1.73. The molecule has 1 aromatic heterocycles. The van der Waals surface area contributed by atoms with Gasteiger partial charge in [0.2, 0.25) is 0 Å². The Kier molecular flexibility index (Phi) is 3.62. The van der Waals surface area contributed by atoms with Crippen molar-refractivity contribution in [1.29, 1.82) is 0 Å². The molecule has 0 fully saturated rings. The predicted molar refractivity (Wildman–Crippen MR) is 46.9 cm³/mol. The van der Waals surface area contributed by atoms with E-state index < -0.39 is 12.5 Å². The molecule has 0 aliphatic rings. The Bertz CT molecular complexity index is 211. The molecule has 0 aliphatic carbocycles. The summed E-state index contributed by atoms with van der Waals surface area (Å²) < 4.78 is 24.5. The summed E-state index contributed by atoms with van der Waals surface area (Å²) in [5.41, 5.74) is 0. The number of hydrogen-bond acceptors (Lipinski definition) is 2. The second-order valence-electron chi connectivity index (χ2n) is 2.51. The summed E-state index contributed by atoms with van der Waals surface area (Å²) >= 11 is 1.51. The van der Waals surface area contributed by atoms with Gasteiger partial charge in [0.15, 0.2) is 0 Å². The van der Waals surface area contributed by atoms with Crippen molar-refractivity contribution in [1.82, 2.24) is 5.32 Å².